The summed E-state index contributed by atoms with van der Waals surface area (Å²) in [5.41, 5.74) is 7.65. The van der Waals surface area contributed by atoms with Crippen molar-refractivity contribution in [2.24, 2.45) is 5.73 Å². The standard InChI is InChI=1S/C15H29N5O/c1-5-7-20-15(13(21-4)10-17-20)14(16)12-11-18(2)8-6-9-19(12)3/h10,12,14H,5-9,11,16H2,1-4H3. The maximum absolute atomic E-state index is 6.63. The Morgan fingerprint density at radius 1 is 1.43 bits per heavy atom. The van der Waals surface area contributed by atoms with Gasteiger partial charge in [-0.05, 0) is 40.0 Å². The Morgan fingerprint density at radius 2 is 2.19 bits per heavy atom. The van der Waals surface area contributed by atoms with Crippen LogP contribution in [0.3, 0.4) is 0 Å². The summed E-state index contributed by atoms with van der Waals surface area (Å²) in [6.45, 7) is 6.19. The first-order valence-corrected chi connectivity index (χ1v) is 7.82. The molecule has 0 spiro atoms. The van der Waals surface area contributed by atoms with Crippen molar-refractivity contribution in [3.63, 3.8) is 0 Å². The average Bonchev–Trinajstić information content (AvgIpc) is 2.78. The molecule has 1 fully saturated rings. The lowest BCUT2D eigenvalue weighted by atomic mass is 10.0. The number of hydrogen-bond donors (Lipinski definition) is 1. The number of hydrogen-bond acceptors (Lipinski definition) is 5. The first-order valence-electron chi connectivity index (χ1n) is 7.82. The second-order valence-electron chi connectivity index (χ2n) is 6.01. The van der Waals surface area contributed by atoms with Gasteiger partial charge in [-0.2, -0.15) is 5.10 Å². The Morgan fingerprint density at radius 3 is 2.86 bits per heavy atom. The molecule has 2 atom stereocenters. The molecule has 6 heteroatoms. The number of aryl methyl sites for hydroxylation is 1. The van der Waals surface area contributed by atoms with Gasteiger partial charge in [0.05, 0.1) is 25.0 Å². The van der Waals surface area contributed by atoms with Crippen LogP contribution >= 0.6 is 0 Å². The summed E-state index contributed by atoms with van der Waals surface area (Å²) >= 11 is 0. The minimum absolute atomic E-state index is 0.0976. The van der Waals surface area contributed by atoms with Crippen molar-refractivity contribution >= 4 is 0 Å². The van der Waals surface area contributed by atoms with E-state index in [1.807, 2.05) is 4.68 Å². The molecule has 2 N–H and O–H groups in total. The summed E-state index contributed by atoms with van der Waals surface area (Å²) in [6.07, 6.45) is 4.00. The van der Waals surface area contributed by atoms with Crippen molar-refractivity contribution in [2.45, 2.75) is 38.4 Å². The molecule has 1 aliphatic rings. The third-order valence-electron chi connectivity index (χ3n) is 4.35. The molecule has 1 aromatic rings. The number of ether oxygens (including phenoxy) is 1. The second-order valence-corrected chi connectivity index (χ2v) is 6.01. The second kappa shape index (κ2) is 7.24. The van der Waals surface area contributed by atoms with E-state index < -0.39 is 0 Å². The van der Waals surface area contributed by atoms with Crippen molar-refractivity contribution in [3.05, 3.63) is 11.9 Å². The molecule has 1 aliphatic heterocycles. The van der Waals surface area contributed by atoms with Gasteiger partial charge in [-0.1, -0.05) is 6.92 Å². The molecule has 2 heterocycles. The lowest BCUT2D eigenvalue weighted by molar-refractivity contribution is 0.190. The minimum atomic E-state index is -0.0976. The van der Waals surface area contributed by atoms with Gasteiger partial charge in [0.15, 0.2) is 5.75 Å². The maximum atomic E-state index is 6.63. The van der Waals surface area contributed by atoms with Crippen LogP contribution in [0.4, 0.5) is 0 Å². The zero-order valence-electron chi connectivity index (χ0n) is 13.7. The number of aromatic nitrogens is 2. The minimum Gasteiger partial charge on any atom is -0.493 e. The van der Waals surface area contributed by atoms with Crippen molar-refractivity contribution < 1.29 is 4.74 Å². The van der Waals surface area contributed by atoms with Crippen LogP contribution in [0.1, 0.15) is 31.5 Å². The molecule has 6 nitrogen and oxygen atoms in total. The van der Waals surface area contributed by atoms with Gasteiger partial charge in [0.1, 0.15) is 0 Å². The quantitative estimate of drug-likeness (QED) is 0.876. The Labute approximate surface area is 127 Å². The highest BCUT2D eigenvalue weighted by Gasteiger charge is 2.31. The molecule has 0 saturated carbocycles. The zero-order chi connectivity index (χ0) is 15.4. The summed E-state index contributed by atoms with van der Waals surface area (Å²) in [5, 5.41) is 4.44. The van der Waals surface area contributed by atoms with E-state index in [1.54, 1.807) is 13.3 Å². The number of nitrogens with zero attached hydrogens (tertiary/aromatic N) is 4. The third kappa shape index (κ3) is 3.56. The predicted octanol–water partition coefficient (Wildman–Crippen LogP) is 0.937. The summed E-state index contributed by atoms with van der Waals surface area (Å²) in [6, 6.07) is 0.179. The molecule has 120 valence electrons. The SMILES string of the molecule is CCCn1ncc(OC)c1C(N)C1CN(C)CCCN1C. The summed E-state index contributed by atoms with van der Waals surface area (Å²) < 4.78 is 7.48. The van der Waals surface area contributed by atoms with Crippen LogP contribution in [0, 0.1) is 0 Å². The molecule has 21 heavy (non-hydrogen) atoms. The summed E-state index contributed by atoms with van der Waals surface area (Å²) in [7, 11) is 6.02. The Kier molecular flexibility index (Phi) is 5.61. The first-order chi connectivity index (χ1) is 10.1. The van der Waals surface area contributed by atoms with E-state index in [-0.39, 0.29) is 12.1 Å². The van der Waals surface area contributed by atoms with Crippen molar-refractivity contribution in [1.82, 2.24) is 19.6 Å². The number of rotatable bonds is 5. The van der Waals surface area contributed by atoms with Crippen LogP contribution < -0.4 is 10.5 Å². The Hall–Kier alpha value is -1.11. The van der Waals surface area contributed by atoms with E-state index in [2.05, 4.69) is 35.9 Å². The van der Waals surface area contributed by atoms with Gasteiger partial charge in [-0.3, -0.25) is 4.68 Å². The summed E-state index contributed by atoms with van der Waals surface area (Å²) in [4.78, 5) is 4.73. The van der Waals surface area contributed by atoms with Crippen LogP contribution in [0.5, 0.6) is 5.75 Å². The summed E-state index contributed by atoms with van der Waals surface area (Å²) in [5.74, 6) is 0.802. The van der Waals surface area contributed by atoms with Crippen LogP contribution in [0.25, 0.3) is 0 Å². The molecule has 0 amide bonds. The van der Waals surface area contributed by atoms with E-state index >= 15 is 0 Å². The average molecular weight is 295 g/mol. The van der Waals surface area contributed by atoms with Gasteiger partial charge in [0.25, 0.3) is 0 Å². The van der Waals surface area contributed by atoms with Gasteiger partial charge in [-0.15, -0.1) is 0 Å². The molecule has 0 aromatic carbocycles. The highest BCUT2D eigenvalue weighted by molar-refractivity contribution is 5.29. The lowest BCUT2D eigenvalue weighted by Gasteiger charge is -2.32. The number of nitrogens with two attached hydrogens (primary N) is 1. The van der Waals surface area contributed by atoms with Gasteiger partial charge in [0.2, 0.25) is 0 Å². The van der Waals surface area contributed by atoms with Crippen LogP contribution in [0.15, 0.2) is 6.20 Å². The third-order valence-corrected chi connectivity index (χ3v) is 4.35. The Bertz CT molecular complexity index is 447. The first kappa shape index (κ1) is 16.3. The molecule has 2 unspecified atom stereocenters. The fourth-order valence-corrected chi connectivity index (χ4v) is 3.14. The molecule has 0 radical (unpaired) electrons. The molecule has 1 aromatic heterocycles. The topological polar surface area (TPSA) is 59.6 Å². The van der Waals surface area contributed by atoms with Crippen LogP contribution in [-0.4, -0.2) is 66.5 Å². The largest absolute Gasteiger partial charge is 0.493 e. The Balaban J connectivity index is 2.28. The molecular formula is C15H29N5O. The molecule has 0 bridgehead atoms. The molecular weight excluding hydrogens is 266 g/mol. The van der Waals surface area contributed by atoms with Gasteiger partial charge in [0, 0.05) is 19.1 Å². The molecule has 0 aliphatic carbocycles. The fraction of sp³-hybridized carbons (Fsp3) is 0.800. The highest BCUT2D eigenvalue weighted by Crippen LogP contribution is 2.28. The van der Waals surface area contributed by atoms with Crippen molar-refractivity contribution in [2.75, 3.05) is 40.8 Å². The van der Waals surface area contributed by atoms with Crippen molar-refractivity contribution in [3.8, 4) is 5.75 Å². The van der Waals surface area contributed by atoms with Crippen molar-refractivity contribution in [1.29, 1.82) is 0 Å². The van der Waals surface area contributed by atoms with E-state index in [4.69, 9.17) is 10.5 Å². The number of likely N-dealkylation sites (N-methyl/N-ethyl adjacent to an activating group) is 2. The predicted molar refractivity (Wildman–Crippen MR) is 84.5 cm³/mol. The monoisotopic (exact) mass is 295 g/mol. The molecule has 2 rings (SSSR count). The van der Waals surface area contributed by atoms with E-state index in [0.717, 1.165) is 44.0 Å². The maximum Gasteiger partial charge on any atom is 0.161 e. The normalized spacial score (nSPS) is 23.0. The lowest BCUT2D eigenvalue weighted by Crippen LogP contribution is -2.46. The van der Waals surface area contributed by atoms with Gasteiger partial charge < -0.3 is 20.3 Å². The smallest absolute Gasteiger partial charge is 0.161 e. The van der Waals surface area contributed by atoms with Gasteiger partial charge in [-0.25, -0.2) is 0 Å². The zero-order valence-corrected chi connectivity index (χ0v) is 13.7. The van der Waals surface area contributed by atoms with Crippen LogP contribution in [-0.2, 0) is 6.54 Å². The van der Waals surface area contributed by atoms with E-state index in [9.17, 15) is 0 Å². The van der Waals surface area contributed by atoms with E-state index in [1.165, 1.54) is 6.42 Å². The number of methoxy groups -OCH3 is 1. The van der Waals surface area contributed by atoms with Crippen LogP contribution in [0.2, 0.25) is 0 Å². The molecule has 1 saturated heterocycles. The van der Waals surface area contributed by atoms with Gasteiger partial charge >= 0.3 is 0 Å². The van der Waals surface area contributed by atoms with E-state index in [0.29, 0.717) is 0 Å². The highest BCUT2D eigenvalue weighted by atomic mass is 16.5. The fourth-order valence-electron chi connectivity index (χ4n) is 3.14.